The molecule has 0 radical (unpaired) electrons. The van der Waals surface area contributed by atoms with Crippen LogP contribution in [-0.4, -0.2) is 10.2 Å². The van der Waals surface area contributed by atoms with Crippen LogP contribution in [0.5, 0.6) is 0 Å². The van der Waals surface area contributed by atoms with Crippen LogP contribution < -0.4 is 5.32 Å². The van der Waals surface area contributed by atoms with Crippen LogP contribution in [-0.2, 0) is 0 Å². The Morgan fingerprint density at radius 2 is 2.00 bits per heavy atom. The van der Waals surface area contributed by atoms with E-state index in [4.69, 9.17) is 0 Å². The van der Waals surface area contributed by atoms with Gasteiger partial charge >= 0.3 is 0 Å². The molecule has 3 heteroatoms. The van der Waals surface area contributed by atoms with Crippen LogP contribution >= 0.6 is 0 Å². The van der Waals surface area contributed by atoms with Crippen LogP contribution in [0.1, 0.15) is 50.0 Å². The SMILES string of the molecule is CCCC(NC(C)c1ccn[nH]1)c1ccccc1. The second kappa shape index (κ2) is 6.36. The van der Waals surface area contributed by atoms with E-state index in [0.29, 0.717) is 6.04 Å². The third-order valence-electron chi connectivity index (χ3n) is 3.22. The highest BCUT2D eigenvalue weighted by molar-refractivity contribution is 5.19. The minimum Gasteiger partial charge on any atom is -0.302 e. The van der Waals surface area contributed by atoms with E-state index in [1.807, 2.05) is 6.07 Å². The fourth-order valence-electron chi connectivity index (χ4n) is 2.22. The zero-order valence-corrected chi connectivity index (χ0v) is 11.1. The molecule has 2 atom stereocenters. The van der Waals surface area contributed by atoms with Crippen LogP contribution in [0.25, 0.3) is 0 Å². The van der Waals surface area contributed by atoms with Gasteiger partial charge in [-0.15, -0.1) is 0 Å². The van der Waals surface area contributed by atoms with Crippen molar-refractivity contribution in [3.05, 3.63) is 53.9 Å². The number of nitrogens with one attached hydrogen (secondary N) is 2. The molecule has 2 unspecified atom stereocenters. The molecule has 0 fully saturated rings. The summed E-state index contributed by atoms with van der Waals surface area (Å²) in [7, 11) is 0. The third-order valence-corrected chi connectivity index (χ3v) is 3.22. The van der Waals surface area contributed by atoms with Gasteiger partial charge in [0.1, 0.15) is 0 Å². The molecule has 2 aromatic rings. The monoisotopic (exact) mass is 243 g/mol. The minimum atomic E-state index is 0.282. The third kappa shape index (κ3) is 3.20. The van der Waals surface area contributed by atoms with Gasteiger partial charge in [0.25, 0.3) is 0 Å². The number of rotatable bonds is 6. The summed E-state index contributed by atoms with van der Waals surface area (Å²) in [6.45, 7) is 4.39. The van der Waals surface area contributed by atoms with Crippen molar-refractivity contribution in [1.29, 1.82) is 0 Å². The average Bonchev–Trinajstić information content (AvgIpc) is 2.93. The van der Waals surface area contributed by atoms with Crippen LogP contribution in [0.2, 0.25) is 0 Å². The summed E-state index contributed by atoms with van der Waals surface area (Å²) >= 11 is 0. The summed E-state index contributed by atoms with van der Waals surface area (Å²) in [5.74, 6) is 0. The molecule has 3 nitrogen and oxygen atoms in total. The van der Waals surface area contributed by atoms with Gasteiger partial charge in [-0.2, -0.15) is 5.10 Å². The van der Waals surface area contributed by atoms with E-state index in [1.165, 1.54) is 12.0 Å². The maximum absolute atomic E-state index is 4.00. The average molecular weight is 243 g/mol. The molecule has 0 aliphatic carbocycles. The molecular formula is C15H21N3. The number of hydrogen-bond acceptors (Lipinski definition) is 2. The standard InChI is InChI=1S/C15H21N3/c1-3-7-15(13-8-5-4-6-9-13)17-12(2)14-10-11-16-18-14/h4-6,8-12,15,17H,3,7H2,1-2H3,(H,16,18). The highest BCUT2D eigenvalue weighted by atomic mass is 15.1. The molecule has 1 aromatic carbocycles. The summed E-state index contributed by atoms with van der Waals surface area (Å²) in [4.78, 5) is 0. The van der Waals surface area contributed by atoms with Crippen molar-refractivity contribution < 1.29 is 0 Å². The number of benzene rings is 1. The van der Waals surface area contributed by atoms with Crippen LogP contribution in [0.4, 0.5) is 0 Å². The van der Waals surface area contributed by atoms with Crippen molar-refractivity contribution in [2.75, 3.05) is 0 Å². The summed E-state index contributed by atoms with van der Waals surface area (Å²) in [5.41, 5.74) is 2.48. The van der Waals surface area contributed by atoms with E-state index >= 15 is 0 Å². The Morgan fingerprint density at radius 3 is 2.61 bits per heavy atom. The van der Waals surface area contributed by atoms with Crippen LogP contribution in [0.3, 0.4) is 0 Å². The molecule has 18 heavy (non-hydrogen) atoms. The van der Waals surface area contributed by atoms with Crippen molar-refractivity contribution in [2.24, 2.45) is 0 Å². The van der Waals surface area contributed by atoms with E-state index < -0.39 is 0 Å². The largest absolute Gasteiger partial charge is 0.302 e. The van der Waals surface area contributed by atoms with Crippen LogP contribution in [0.15, 0.2) is 42.6 Å². The first-order chi connectivity index (χ1) is 8.81. The van der Waals surface area contributed by atoms with Crippen molar-refractivity contribution in [1.82, 2.24) is 15.5 Å². The Kier molecular flexibility index (Phi) is 4.53. The molecule has 1 heterocycles. The zero-order chi connectivity index (χ0) is 12.8. The fourth-order valence-corrected chi connectivity index (χ4v) is 2.22. The number of hydrogen-bond donors (Lipinski definition) is 2. The summed E-state index contributed by atoms with van der Waals surface area (Å²) in [5, 5.41) is 10.7. The first kappa shape index (κ1) is 12.8. The lowest BCUT2D eigenvalue weighted by molar-refractivity contribution is 0.433. The molecule has 0 bridgehead atoms. The molecule has 0 amide bonds. The molecular weight excluding hydrogens is 222 g/mol. The quantitative estimate of drug-likeness (QED) is 0.813. The van der Waals surface area contributed by atoms with Crippen molar-refractivity contribution in [3.63, 3.8) is 0 Å². The zero-order valence-electron chi connectivity index (χ0n) is 11.1. The van der Waals surface area contributed by atoms with Gasteiger partial charge in [-0.25, -0.2) is 0 Å². The predicted molar refractivity (Wildman–Crippen MR) is 74.2 cm³/mol. The summed E-state index contributed by atoms with van der Waals surface area (Å²) in [6, 6.07) is 13.3. The van der Waals surface area contributed by atoms with Crippen molar-refractivity contribution in [2.45, 2.75) is 38.8 Å². The second-order valence-corrected chi connectivity index (χ2v) is 4.65. The molecule has 0 aliphatic rings. The lowest BCUT2D eigenvalue weighted by Gasteiger charge is -2.22. The van der Waals surface area contributed by atoms with E-state index in [9.17, 15) is 0 Å². The maximum Gasteiger partial charge on any atom is 0.0518 e. The smallest absolute Gasteiger partial charge is 0.0518 e. The normalized spacial score (nSPS) is 14.3. The Balaban J connectivity index is 2.07. The maximum atomic E-state index is 4.00. The van der Waals surface area contributed by atoms with E-state index in [2.05, 4.69) is 59.7 Å². The van der Waals surface area contributed by atoms with Gasteiger partial charge in [0.2, 0.25) is 0 Å². The Labute approximate surface area is 109 Å². The highest BCUT2D eigenvalue weighted by Gasteiger charge is 2.14. The van der Waals surface area contributed by atoms with Gasteiger partial charge in [-0.3, -0.25) is 5.10 Å². The van der Waals surface area contributed by atoms with E-state index in [1.54, 1.807) is 6.20 Å². The lowest BCUT2D eigenvalue weighted by atomic mass is 10.0. The molecule has 96 valence electrons. The molecule has 2 N–H and O–H groups in total. The molecule has 2 rings (SSSR count). The molecule has 0 saturated carbocycles. The summed E-state index contributed by atoms with van der Waals surface area (Å²) < 4.78 is 0. The predicted octanol–water partition coefficient (Wildman–Crippen LogP) is 3.60. The Bertz CT molecular complexity index is 436. The van der Waals surface area contributed by atoms with E-state index in [-0.39, 0.29) is 6.04 Å². The van der Waals surface area contributed by atoms with E-state index in [0.717, 1.165) is 12.1 Å². The minimum absolute atomic E-state index is 0.282. The van der Waals surface area contributed by atoms with Gasteiger partial charge < -0.3 is 5.32 Å². The number of aromatic amines is 1. The number of H-pyrrole nitrogens is 1. The fraction of sp³-hybridized carbons (Fsp3) is 0.400. The van der Waals surface area contributed by atoms with Crippen LogP contribution in [0, 0.1) is 0 Å². The summed E-state index contributed by atoms with van der Waals surface area (Å²) in [6.07, 6.45) is 4.11. The van der Waals surface area contributed by atoms with Gasteiger partial charge in [0.05, 0.1) is 5.69 Å². The van der Waals surface area contributed by atoms with Crippen molar-refractivity contribution in [3.8, 4) is 0 Å². The van der Waals surface area contributed by atoms with Gasteiger partial charge in [-0.05, 0) is 25.0 Å². The van der Waals surface area contributed by atoms with Crippen molar-refractivity contribution >= 4 is 0 Å². The molecule has 1 aromatic heterocycles. The molecule has 0 spiro atoms. The highest BCUT2D eigenvalue weighted by Crippen LogP contribution is 2.22. The van der Waals surface area contributed by atoms with Gasteiger partial charge in [0.15, 0.2) is 0 Å². The second-order valence-electron chi connectivity index (χ2n) is 4.65. The van der Waals surface area contributed by atoms with Gasteiger partial charge in [-0.1, -0.05) is 43.7 Å². The Hall–Kier alpha value is -1.61. The molecule has 0 saturated heterocycles. The lowest BCUT2D eigenvalue weighted by Crippen LogP contribution is -2.24. The topological polar surface area (TPSA) is 40.7 Å². The van der Waals surface area contributed by atoms with Gasteiger partial charge in [0, 0.05) is 18.3 Å². The Morgan fingerprint density at radius 1 is 1.22 bits per heavy atom. The first-order valence-corrected chi connectivity index (χ1v) is 6.61. The molecule has 0 aliphatic heterocycles. The number of nitrogens with zero attached hydrogens (tertiary/aromatic N) is 1. The first-order valence-electron chi connectivity index (χ1n) is 6.61. The number of aromatic nitrogens is 2.